The Labute approximate surface area is 153 Å². The maximum Gasteiger partial charge on any atom is 0.259 e. The molecule has 1 amide bonds. The number of fused-ring (bicyclic) bond motifs is 1. The van der Waals surface area contributed by atoms with Gasteiger partial charge in [0.2, 0.25) is 0 Å². The third-order valence-electron chi connectivity index (χ3n) is 4.87. The summed E-state index contributed by atoms with van der Waals surface area (Å²) in [4.78, 5) is 29.9. The smallest absolute Gasteiger partial charge is 0.259 e. The molecule has 0 aromatic carbocycles. The minimum Gasteiger partial charge on any atom is -0.490 e. The number of hydrogen-bond acceptors (Lipinski definition) is 6. The predicted octanol–water partition coefficient (Wildman–Crippen LogP) is -0.166. The van der Waals surface area contributed by atoms with E-state index in [2.05, 4.69) is 4.90 Å². The van der Waals surface area contributed by atoms with E-state index >= 15 is 0 Å². The molecule has 3 rings (SSSR count). The molecule has 2 aliphatic heterocycles. The molecule has 0 saturated carbocycles. The maximum atomic E-state index is 13.3. The van der Waals surface area contributed by atoms with Gasteiger partial charge in [-0.15, -0.1) is 0 Å². The Morgan fingerprint density at radius 1 is 1.15 bits per heavy atom. The van der Waals surface area contributed by atoms with Gasteiger partial charge < -0.3 is 28.6 Å². The van der Waals surface area contributed by atoms with Crippen LogP contribution in [0.3, 0.4) is 0 Å². The van der Waals surface area contributed by atoms with Gasteiger partial charge >= 0.3 is 0 Å². The maximum absolute atomic E-state index is 13.3. The number of carbonyl (C=O) groups is 1. The monoisotopic (exact) mass is 365 g/mol. The molecule has 1 fully saturated rings. The number of rotatable bonds is 5. The minimum atomic E-state index is -0.159. The summed E-state index contributed by atoms with van der Waals surface area (Å²) in [6.45, 7) is 5.11. The molecular formula is C18H27N3O5. The summed E-state index contributed by atoms with van der Waals surface area (Å²) in [5, 5.41) is 0. The summed E-state index contributed by atoms with van der Waals surface area (Å²) < 4.78 is 18.0. The van der Waals surface area contributed by atoms with Gasteiger partial charge in [-0.2, -0.15) is 0 Å². The summed E-state index contributed by atoms with van der Waals surface area (Å²) in [5.41, 5.74) is 1.05. The van der Waals surface area contributed by atoms with Gasteiger partial charge in [-0.05, 0) is 7.05 Å². The number of pyridine rings is 1. The third-order valence-corrected chi connectivity index (χ3v) is 4.87. The number of hydrogen-bond donors (Lipinski definition) is 0. The van der Waals surface area contributed by atoms with Crippen molar-refractivity contribution < 1.29 is 19.0 Å². The highest BCUT2D eigenvalue weighted by molar-refractivity contribution is 5.98. The molecule has 0 spiro atoms. The van der Waals surface area contributed by atoms with E-state index in [0.29, 0.717) is 69.5 Å². The molecule has 0 unspecified atom stereocenters. The number of amides is 1. The van der Waals surface area contributed by atoms with Crippen LogP contribution in [0.1, 0.15) is 16.1 Å². The van der Waals surface area contributed by atoms with Gasteiger partial charge in [0, 0.05) is 58.0 Å². The Hall–Kier alpha value is -1.90. The second kappa shape index (κ2) is 8.66. The molecule has 26 heavy (non-hydrogen) atoms. The highest BCUT2D eigenvalue weighted by atomic mass is 16.5. The highest BCUT2D eigenvalue weighted by Crippen LogP contribution is 2.25. The van der Waals surface area contributed by atoms with Crippen molar-refractivity contribution in [1.29, 1.82) is 0 Å². The fourth-order valence-corrected chi connectivity index (χ4v) is 3.35. The van der Waals surface area contributed by atoms with Crippen molar-refractivity contribution in [3.8, 4) is 5.75 Å². The highest BCUT2D eigenvalue weighted by Gasteiger charge is 2.29. The fourth-order valence-electron chi connectivity index (χ4n) is 3.35. The van der Waals surface area contributed by atoms with E-state index in [1.165, 1.54) is 6.07 Å². The number of likely N-dealkylation sites (N-methyl/N-ethyl adjacent to an activating group) is 1. The number of nitrogens with zero attached hydrogens (tertiary/aromatic N) is 3. The van der Waals surface area contributed by atoms with E-state index in [0.717, 1.165) is 13.1 Å². The predicted molar refractivity (Wildman–Crippen MR) is 96.0 cm³/mol. The second-order valence-corrected chi connectivity index (χ2v) is 6.62. The average molecular weight is 365 g/mol. The molecule has 0 bridgehead atoms. The van der Waals surface area contributed by atoms with E-state index in [9.17, 15) is 9.59 Å². The average Bonchev–Trinajstić information content (AvgIpc) is 2.89. The van der Waals surface area contributed by atoms with Crippen LogP contribution in [-0.2, 0) is 22.4 Å². The Morgan fingerprint density at radius 3 is 2.65 bits per heavy atom. The third kappa shape index (κ3) is 4.08. The molecule has 2 aliphatic rings. The van der Waals surface area contributed by atoms with Crippen LogP contribution in [-0.4, -0.2) is 87.0 Å². The molecular weight excluding hydrogens is 338 g/mol. The van der Waals surface area contributed by atoms with Gasteiger partial charge in [0.05, 0.1) is 19.8 Å². The van der Waals surface area contributed by atoms with E-state index in [1.807, 2.05) is 11.9 Å². The largest absolute Gasteiger partial charge is 0.490 e. The van der Waals surface area contributed by atoms with Crippen LogP contribution in [0.4, 0.5) is 0 Å². The molecule has 0 atom stereocenters. The van der Waals surface area contributed by atoms with Crippen LogP contribution >= 0.6 is 0 Å². The van der Waals surface area contributed by atoms with Crippen molar-refractivity contribution >= 4 is 5.91 Å². The number of methoxy groups -OCH3 is 1. The van der Waals surface area contributed by atoms with Crippen molar-refractivity contribution in [2.75, 3.05) is 66.8 Å². The lowest BCUT2D eigenvalue weighted by Crippen LogP contribution is -2.47. The van der Waals surface area contributed by atoms with Gasteiger partial charge in [0.15, 0.2) is 0 Å². The topological polar surface area (TPSA) is 73.2 Å². The van der Waals surface area contributed by atoms with Gasteiger partial charge in [-0.3, -0.25) is 9.59 Å². The lowest BCUT2D eigenvalue weighted by Gasteiger charge is -2.33. The number of ether oxygens (including phenoxy) is 3. The van der Waals surface area contributed by atoms with Crippen molar-refractivity contribution in [3.05, 3.63) is 27.7 Å². The Bertz CT molecular complexity index is 695. The molecule has 3 heterocycles. The molecule has 1 aromatic rings. The normalized spacial score (nSPS) is 18.3. The van der Waals surface area contributed by atoms with Crippen molar-refractivity contribution in [2.24, 2.45) is 0 Å². The number of carbonyl (C=O) groups excluding carboxylic acids is 1. The SMILES string of the molecule is COCCOc1cc(=O)n2c(c1C(=O)N1CCN(C)CC1)CCOCC2. The summed E-state index contributed by atoms with van der Waals surface area (Å²) in [6, 6.07) is 1.42. The van der Waals surface area contributed by atoms with Crippen molar-refractivity contribution in [2.45, 2.75) is 13.0 Å². The molecule has 0 N–H and O–H groups in total. The molecule has 144 valence electrons. The lowest BCUT2D eigenvalue weighted by molar-refractivity contribution is 0.0655. The molecule has 8 heteroatoms. The molecule has 0 aliphatic carbocycles. The second-order valence-electron chi connectivity index (χ2n) is 6.62. The van der Waals surface area contributed by atoms with Crippen molar-refractivity contribution in [1.82, 2.24) is 14.4 Å². The molecule has 1 aromatic heterocycles. The van der Waals surface area contributed by atoms with Crippen LogP contribution in [0.25, 0.3) is 0 Å². The summed E-state index contributed by atoms with van der Waals surface area (Å²) in [5.74, 6) is 0.278. The van der Waals surface area contributed by atoms with E-state index in [4.69, 9.17) is 14.2 Å². The van der Waals surface area contributed by atoms with Crippen LogP contribution in [0, 0.1) is 0 Å². The first kappa shape index (κ1) is 18.9. The van der Waals surface area contributed by atoms with Gasteiger partial charge in [0.25, 0.3) is 11.5 Å². The summed E-state index contributed by atoms with van der Waals surface area (Å²) in [6.07, 6.45) is 0.519. The quantitative estimate of drug-likeness (QED) is 0.675. The summed E-state index contributed by atoms with van der Waals surface area (Å²) in [7, 11) is 3.63. The van der Waals surface area contributed by atoms with Crippen LogP contribution in [0.5, 0.6) is 5.75 Å². The van der Waals surface area contributed by atoms with Gasteiger partial charge in [0.1, 0.15) is 17.9 Å². The van der Waals surface area contributed by atoms with E-state index in [-0.39, 0.29) is 11.5 Å². The van der Waals surface area contributed by atoms with Crippen LogP contribution in [0.15, 0.2) is 10.9 Å². The summed E-state index contributed by atoms with van der Waals surface area (Å²) >= 11 is 0. The first-order chi connectivity index (χ1) is 12.6. The van der Waals surface area contributed by atoms with Crippen LogP contribution < -0.4 is 10.3 Å². The number of aromatic nitrogens is 1. The first-order valence-corrected chi connectivity index (χ1v) is 9.06. The molecule has 8 nitrogen and oxygen atoms in total. The fraction of sp³-hybridized carbons (Fsp3) is 0.667. The van der Waals surface area contributed by atoms with Crippen molar-refractivity contribution in [3.63, 3.8) is 0 Å². The van der Waals surface area contributed by atoms with Crippen LogP contribution in [0.2, 0.25) is 0 Å². The standard InChI is InChI=1S/C18H27N3O5/c1-19-4-6-20(7-5-19)18(23)17-14-3-9-25-10-8-21(14)16(22)13-15(17)26-12-11-24-2/h13H,3-12H2,1-2H3. The first-order valence-electron chi connectivity index (χ1n) is 9.06. The molecule has 0 radical (unpaired) electrons. The van der Waals surface area contributed by atoms with E-state index < -0.39 is 0 Å². The Balaban J connectivity index is 1.98. The Kier molecular flexibility index (Phi) is 6.29. The van der Waals surface area contributed by atoms with Gasteiger partial charge in [-0.1, -0.05) is 0 Å². The van der Waals surface area contributed by atoms with Gasteiger partial charge in [-0.25, -0.2) is 0 Å². The zero-order chi connectivity index (χ0) is 18.5. The minimum absolute atomic E-state index is 0.0730. The van der Waals surface area contributed by atoms with E-state index in [1.54, 1.807) is 11.7 Å². The molecule has 1 saturated heterocycles. The number of piperazine rings is 1. The lowest BCUT2D eigenvalue weighted by atomic mass is 10.1. The zero-order valence-corrected chi connectivity index (χ0v) is 15.5. The Morgan fingerprint density at radius 2 is 1.92 bits per heavy atom. The zero-order valence-electron chi connectivity index (χ0n) is 15.5.